The van der Waals surface area contributed by atoms with Crippen LogP contribution in [0.1, 0.15) is 27.1 Å². The number of carboxylic acids is 2. The summed E-state index contributed by atoms with van der Waals surface area (Å²) in [6, 6.07) is 3.33. The van der Waals surface area contributed by atoms with Crippen LogP contribution in [0.3, 0.4) is 0 Å². The first-order valence-corrected chi connectivity index (χ1v) is 5.33. The zero-order chi connectivity index (χ0) is 14.2. The molecule has 1 saturated heterocycles. The number of carbonyl (C=O) groups is 4. The second kappa shape index (κ2) is 4.52. The molecule has 0 saturated carbocycles. The van der Waals surface area contributed by atoms with E-state index in [-0.39, 0.29) is 35.6 Å². The molecule has 0 spiro atoms. The fraction of sp³-hybridized carbons (Fsp3) is 0.167. The van der Waals surface area contributed by atoms with Crippen molar-refractivity contribution in [3.63, 3.8) is 0 Å². The molecule has 1 fully saturated rings. The Hall–Kier alpha value is -2.70. The Morgan fingerprint density at radius 1 is 1.11 bits per heavy atom. The summed E-state index contributed by atoms with van der Waals surface area (Å²) < 4.78 is 0. The van der Waals surface area contributed by atoms with Crippen molar-refractivity contribution < 1.29 is 29.4 Å². The summed E-state index contributed by atoms with van der Waals surface area (Å²) in [6.45, 7) is -0.234. The first-order chi connectivity index (χ1) is 8.90. The minimum absolute atomic E-state index is 0.0664. The minimum atomic E-state index is -1.29. The predicted molar refractivity (Wildman–Crippen MR) is 62.3 cm³/mol. The fourth-order valence-electron chi connectivity index (χ4n) is 1.87. The van der Waals surface area contributed by atoms with Gasteiger partial charge in [0, 0.05) is 0 Å². The van der Waals surface area contributed by atoms with Gasteiger partial charge in [0.2, 0.25) is 5.91 Å². The van der Waals surface area contributed by atoms with E-state index in [9.17, 15) is 19.2 Å². The maximum absolute atomic E-state index is 11.6. The highest BCUT2D eigenvalue weighted by Gasteiger charge is 2.31. The summed E-state index contributed by atoms with van der Waals surface area (Å²) >= 11 is 0. The second-order valence-electron chi connectivity index (χ2n) is 4.04. The highest BCUT2D eigenvalue weighted by atomic mass is 16.4. The van der Waals surface area contributed by atoms with E-state index in [4.69, 9.17) is 10.2 Å². The number of rotatable bonds is 3. The van der Waals surface area contributed by atoms with Crippen LogP contribution in [-0.2, 0) is 9.59 Å². The molecule has 2 rings (SSSR count). The molecular formula is C12H9NO6. The van der Waals surface area contributed by atoms with Gasteiger partial charge in [-0.15, -0.1) is 0 Å². The number of benzene rings is 1. The van der Waals surface area contributed by atoms with Gasteiger partial charge in [-0.25, -0.2) is 9.59 Å². The molecule has 19 heavy (non-hydrogen) atoms. The van der Waals surface area contributed by atoms with Crippen LogP contribution in [0.15, 0.2) is 18.2 Å². The molecule has 1 aromatic rings. The van der Waals surface area contributed by atoms with Crippen LogP contribution in [0.4, 0.5) is 5.69 Å². The van der Waals surface area contributed by atoms with Crippen molar-refractivity contribution in [3.05, 3.63) is 29.3 Å². The largest absolute Gasteiger partial charge is 0.478 e. The maximum atomic E-state index is 11.6. The fourth-order valence-corrected chi connectivity index (χ4v) is 1.87. The average molecular weight is 263 g/mol. The van der Waals surface area contributed by atoms with E-state index in [2.05, 4.69) is 0 Å². The van der Waals surface area contributed by atoms with Crippen LogP contribution < -0.4 is 4.90 Å². The lowest BCUT2D eigenvalue weighted by Gasteiger charge is -2.17. The van der Waals surface area contributed by atoms with Crippen molar-refractivity contribution in [2.75, 3.05) is 11.4 Å². The molecule has 1 aliphatic rings. The van der Waals surface area contributed by atoms with Crippen molar-refractivity contribution in [3.8, 4) is 0 Å². The van der Waals surface area contributed by atoms with Crippen LogP contribution >= 0.6 is 0 Å². The third-order valence-electron chi connectivity index (χ3n) is 2.75. The van der Waals surface area contributed by atoms with Gasteiger partial charge in [0.25, 0.3) is 0 Å². The Balaban J connectivity index is 2.55. The van der Waals surface area contributed by atoms with Crippen LogP contribution in [0.2, 0.25) is 0 Å². The Bertz CT molecular complexity index is 606. The van der Waals surface area contributed by atoms with E-state index in [0.29, 0.717) is 0 Å². The molecule has 2 N–H and O–H groups in total. The van der Waals surface area contributed by atoms with Gasteiger partial charge in [0.15, 0.2) is 5.78 Å². The summed E-state index contributed by atoms with van der Waals surface area (Å²) in [5.41, 5.74) is -0.427. The number of nitrogens with zero attached hydrogens (tertiary/aromatic N) is 1. The topological polar surface area (TPSA) is 112 Å². The van der Waals surface area contributed by atoms with Gasteiger partial charge < -0.3 is 15.1 Å². The quantitative estimate of drug-likeness (QED) is 0.763. The first-order valence-electron chi connectivity index (χ1n) is 5.33. The highest BCUT2D eigenvalue weighted by Crippen LogP contribution is 2.26. The molecular weight excluding hydrogens is 254 g/mol. The van der Waals surface area contributed by atoms with Crippen molar-refractivity contribution in [1.82, 2.24) is 0 Å². The lowest BCUT2D eigenvalue weighted by molar-refractivity contribution is -0.121. The number of aromatic carboxylic acids is 2. The van der Waals surface area contributed by atoms with E-state index in [1.807, 2.05) is 0 Å². The Kier molecular flexibility index (Phi) is 3.04. The third kappa shape index (κ3) is 2.30. The van der Waals surface area contributed by atoms with E-state index in [1.54, 1.807) is 0 Å². The smallest absolute Gasteiger partial charge is 0.337 e. The molecule has 0 unspecified atom stereocenters. The zero-order valence-corrected chi connectivity index (χ0v) is 9.62. The van der Waals surface area contributed by atoms with Gasteiger partial charge in [-0.1, -0.05) is 0 Å². The Morgan fingerprint density at radius 2 is 1.79 bits per heavy atom. The molecule has 0 aliphatic carbocycles. The van der Waals surface area contributed by atoms with E-state index in [0.717, 1.165) is 23.1 Å². The number of ketones is 1. The second-order valence-corrected chi connectivity index (χ2v) is 4.04. The summed E-state index contributed by atoms with van der Waals surface area (Å²) in [5, 5.41) is 17.9. The van der Waals surface area contributed by atoms with Gasteiger partial charge >= 0.3 is 11.9 Å². The number of hydrogen-bond donors (Lipinski definition) is 2. The van der Waals surface area contributed by atoms with Crippen molar-refractivity contribution in [2.45, 2.75) is 6.42 Å². The molecule has 1 aliphatic heterocycles. The van der Waals surface area contributed by atoms with Crippen molar-refractivity contribution in [1.29, 1.82) is 0 Å². The van der Waals surface area contributed by atoms with Gasteiger partial charge in [-0.2, -0.15) is 0 Å². The molecule has 7 heteroatoms. The number of amides is 1. The molecule has 7 nitrogen and oxygen atoms in total. The van der Waals surface area contributed by atoms with Gasteiger partial charge in [-0.3, -0.25) is 9.59 Å². The Morgan fingerprint density at radius 3 is 2.26 bits per heavy atom. The summed E-state index contributed by atoms with van der Waals surface area (Å²) in [5.74, 6) is -3.40. The van der Waals surface area contributed by atoms with Crippen LogP contribution in [0, 0.1) is 0 Å². The van der Waals surface area contributed by atoms with Crippen molar-refractivity contribution >= 4 is 29.3 Å². The van der Waals surface area contributed by atoms with Gasteiger partial charge in [-0.05, 0) is 18.2 Å². The molecule has 1 heterocycles. The lowest BCUT2D eigenvalue weighted by atomic mass is 10.1. The summed E-state index contributed by atoms with van der Waals surface area (Å²) in [7, 11) is 0. The number of Topliss-reactive ketones (excluding diaryl/α,β-unsaturated/α-hetero) is 1. The van der Waals surface area contributed by atoms with E-state index >= 15 is 0 Å². The predicted octanol–water partition coefficient (Wildman–Crippen LogP) is 0.389. The number of carbonyl (C=O) groups excluding carboxylic acids is 2. The maximum Gasteiger partial charge on any atom is 0.337 e. The van der Waals surface area contributed by atoms with Crippen LogP contribution in [0.25, 0.3) is 0 Å². The lowest BCUT2D eigenvalue weighted by Crippen LogP contribution is -2.27. The number of carboxylic acid groups (broad SMARTS) is 2. The summed E-state index contributed by atoms with van der Waals surface area (Å²) in [4.78, 5) is 45.8. The van der Waals surface area contributed by atoms with Gasteiger partial charge in [0.1, 0.15) is 0 Å². The summed E-state index contributed by atoms with van der Waals surface area (Å²) in [6.07, 6.45) is -0.295. The normalized spacial score (nSPS) is 14.8. The zero-order valence-electron chi connectivity index (χ0n) is 9.62. The number of anilines is 1. The van der Waals surface area contributed by atoms with Crippen molar-refractivity contribution in [2.24, 2.45) is 0 Å². The standard InChI is InChI=1S/C12H9NO6/c14-7-4-10(15)13(5-7)9-3-6(11(16)17)1-2-8(9)12(18)19/h1-3H,4-5H2,(H,16,17)(H,18,19). The number of hydrogen-bond acceptors (Lipinski definition) is 4. The highest BCUT2D eigenvalue weighted by molar-refractivity contribution is 6.17. The van der Waals surface area contributed by atoms with E-state index in [1.165, 1.54) is 0 Å². The first kappa shape index (κ1) is 12.7. The SMILES string of the molecule is O=C1CC(=O)N(c2cc(C(=O)O)ccc2C(=O)O)C1. The molecule has 0 atom stereocenters. The Labute approximate surface area is 107 Å². The van der Waals surface area contributed by atoms with E-state index < -0.39 is 17.8 Å². The van der Waals surface area contributed by atoms with Crippen LogP contribution in [0.5, 0.6) is 0 Å². The average Bonchev–Trinajstić information content (AvgIpc) is 2.67. The minimum Gasteiger partial charge on any atom is -0.478 e. The molecule has 0 aromatic heterocycles. The molecule has 1 aromatic carbocycles. The monoisotopic (exact) mass is 263 g/mol. The third-order valence-corrected chi connectivity index (χ3v) is 2.75. The molecule has 98 valence electrons. The molecule has 0 radical (unpaired) electrons. The van der Waals surface area contributed by atoms with Gasteiger partial charge in [0.05, 0.1) is 29.8 Å². The van der Waals surface area contributed by atoms with Crippen LogP contribution in [-0.4, -0.2) is 40.4 Å². The molecule has 1 amide bonds. The molecule has 0 bridgehead atoms.